The first-order valence-corrected chi connectivity index (χ1v) is 11.4. The molecule has 3 aromatic rings. The third kappa shape index (κ3) is 5.82. The van der Waals surface area contributed by atoms with Crippen LogP contribution in [0.3, 0.4) is 0 Å². The molecule has 0 fully saturated rings. The lowest BCUT2D eigenvalue weighted by Crippen LogP contribution is -2.23. The predicted octanol–water partition coefficient (Wildman–Crippen LogP) is 4.42. The van der Waals surface area contributed by atoms with Gasteiger partial charge in [0.25, 0.3) is 5.56 Å². The van der Waals surface area contributed by atoms with Crippen LogP contribution in [-0.4, -0.2) is 33.0 Å². The maximum atomic E-state index is 13.0. The number of hydrogen-bond donors (Lipinski definition) is 0. The van der Waals surface area contributed by atoms with Crippen molar-refractivity contribution in [2.24, 2.45) is 0 Å². The number of carbonyl (C=O) groups excluding carboxylic acids is 1. The van der Waals surface area contributed by atoms with Gasteiger partial charge in [-0.2, -0.15) is 4.98 Å². The summed E-state index contributed by atoms with van der Waals surface area (Å²) in [6.45, 7) is 9.61. The number of aryl methyl sites for hydroxylation is 2. The van der Waals surface area contributed by atoms with Crippen LogP contribution in [0.4, 0.5) is 0 Å². The number of hydrogen-bond acceptors (Lipinski definition) is 7. The number of esters is 1. The number of thiazole rings is 1. The molecule has 0 amide bonds. The number of pyridine rings is 1. The van der Waals surface area contributed by atoms with Gasteiger partial charge in [0.15, 0.2) is 0 Å². The van der Waals surface area contributed by atoms with Crippen molar-refractivity contribution in [2.45, 2.75) is 59.0 Å². The van der Waals surface area contributed by atoms with Gasteiger partial charge in [0, 0.05) is 24.1 Å². The fourth-order valence-electron chi connectivity index (χ4n) is 3.07. The summed E-state index contributed by atoms with van der Waals surface area (Å²) in [5.74, 6) is 0.0402. The number of aromatic nitrogens is 3. The molecule has 8 heteroatoms. The van der Waals surface area contributed by atoms with Crippen LogP contribution < -0.4 is 10.3 Å². The van der Waals surface area contributed by atoms with E-state index >= 15 is 0 Å². The zero-order chi connectivity index (χ0) is 23.5. The first kappa shape index (κ1) is 23.7. The van der Waals surface area contributed by atoms with Crippen LogP contribution in [0.15, 0.2) is 34.6 Å². The summed E-state index contributed by atoms with van der Waals surface area (Å²) >= 11 is 1.67. The third-order valence-electron chi connectivity index (χ3n) is 4.67. The highest BCUT2D eigenvalue weighted by molar-refractivity contribution is 7.09. The summed E-state index contributed by atoms with van der Waals surface area (Å²) in [4.78, 5) is 34.1. The van der Waals surface area contributed by atoms with Crippen molar-refractivity contribution in [1.29, 1.82) is 0 Å². The Morgan fingerprint density at radius 1 is 1.25 bits per heavy atom. The maximum absolute atomic E-state index is 13.0. The first-order valence-electron chi connectivity index (χ1n) is 10.5. The van der Waals surface area contributed by atoms with Crippen molar-refractivity contribution in [3.05, 3.63) is 62.0 Å². The summed E-state index contributed by atoms with van der Waals surface area (Å²) in [6, 6.07) is 3.78. The van der Waals surface area contributed by atoms with Gasteiger partial charge in [0.1, 0.15) is 16.8 Å². The molecule has 0 radical (unpaired) electrons. The molecule has 32 heavy (non-hydrogen) atoms. The van der Waals surface area contributed by atoms with E-state index in [0.717, 1.165) is 29.1 Å². The number of nitrogens with zero attached hydrogens (tertiary/aromatic N) is 3. The average molecular weight is 456 g/mol. The van der Waals surface area contributed by atoms with E-state index < -0.39 is 11.6 Å². The topological polar surface area (TPSA) is 82.8 Å². The van der Waals surface area contributed by atoms with Crippen LogP contribution in [0.25, 0.3) is 11.7 Å². The van der Waals surface area contributed by atoms with Crippen molar-refractivity contribution >= 4 is 29.0 Å². The van der Waals surface area contributed by atoms with Gasteiger partial charge in [-0.25, -0.2) is 9.78 Å². The van der Waals surface area contributed by atoms with E-state index in [2.05, 4.69) is 29.2 Å². The van der Waals surface area contributed by atoms with E-state index in [9.17, 15) is 9.59 Å². The lowest BCUT2D eigenvalue weighted by Gasteiger charge is -2.17. The van der Waals surface area contributed by atoms with Gasteiger partial charge in [-0.05, 0) is 56.9 Å². The molecule has 170 valence electrons. The van der Waals surface area contributed by atoms with Crippen LogP contribution in [-0.2, 0) is 22.4 Å². The molecule has 0 saturated heterocycles. The quantitative estimate of drug-likeness (QED) is 0.387. The fraction of sp³-hybridized carbons (Fsp3) is 0.417. The summed E-state index contributed by atoms with van der Waals surface area (Å²) in [5.41, 5.74) is 1.91. The summed E-state index contributed by atoms with van der Waals surface area (Å²) in [5, 5.41) is 3.21. The van der Waals surface area contributed by atoms with Crippen LogP contribution in [0, 0.1) is 0 Å². The third-order valence-corrected chi connectivity index (χ3v) is 5.60. The van der Waals surface area contributed by atoms with Crippen molar-refractivity contribution in [2.75, 3.05) is 7.11 Å². The zero-order valence-corrected chi connectivity index (χ0v) is 20.2. The van der Waals surface area contributed by atoms with Crippen molar-refractivity contribution in [3.63, 3.8) is 0 Å². The van der Waals surface area contributed by atoms with Gasteiger partial charge in [0.05, 0.1) is 17.8 Å². The Balaban J connectivity index is 1.84. The molecule has 0 saturated carbocycles. The maximum Gasteiger partial charge on any atom is 0.331 e. The second-order valence-electron chi connectivity index (χ2n) is 8.79. The SMILES string of the molecule is COc1nc2cc(CCc3nc(C(C)C)cs3)ccn2c(=O)c1/C=C/C(=O)OC(C)(C)C. The summed E-state index contributed by atoms with van der Waals surface area (Å²) in [7, 11) is 1.45. The standard InChI is InChI=1S/C24H29N3O4S/c1-15(2)18-14-32-20(25-18)9-7-16-11-12-27-19(13-16)26-22(30-6)17(23(27)29)8-10-21(28)31-24(3,4)5/h8,10-15H,7,9H2,1-6H3/b10-8+. The second-order valence-corrected chi connectivity index (χ2v) is 9.73. The van der Waals surface area contributed by atoms with E-state index in [1.165, 1.54) is 23.7 Å². The Morgan fingerprint density at radius 2 is 2.00 bits per heavy atom. The molecule has 3 aromatic heterocycles. The number of rotatable bonds is 7. The van der Waals surface area contributed by atoms with E-state index in [1.54, 1.807) is 38.3 Å². The molecule has 0 bridgehead atoms. The van der Waals surface area contributed by atoms with E-state index in [0.29, 0.717) is 11.6 Å². The van der Waals surface area contributed by atoms with Crippen LogP contribution in [0.1, 0.15) is 62.4 Å². The van der Waals surface area contributed by atoms with E-state index in [-0.39, 0.29) is 17.0 Å². The molecular weight excluding hydrogens is 426 g/mol. The Morgan fingerprint density at radius 3 is 2.62 bits per heavy atom. The van der Waals surface area contributed by atoms with Gasteiger partial charge in [0.2, 0.25) is 5.88 Å². The second kappa shape index (κ2) is 9.65. The molecule has 0 aliphatic carbocycles. The molecule has 3 heterocycles. The van der Waals surface area contributed by atoms with Gasteiger partial charge in [-0.1, -0.05) is 13.8 Å². The Labute approximate surface area is 191 Å². The van der Waals surface area contributed by atoms with E-state index in [1.807, 2.05) is 12.1 Å². The minimum atomic E-state index is -0.617. The lowest BCUT2D eigenvalue weighted by atomic mass is 10.1. The molecule has 0 atom stereocenters. The predicted molar refractivity (Wildman–Crippen MR) is 127 cm³/mol. The number of methoxy groups -OCH3 is 1. The number of fused-ring (bicyclic) bond motifs is 1. The normalized spacial score (nSPS) is 12.1. The van der Waals surface area contributed by atoms with Gasteiger partial charge in [-0.15, -0.1) is 11.3 Å². The van der Waals surface area contributed by atoms with Crippen molar-refractivity contribution < 1.29 is 14.3 Å². The minimum absolute atomic E-state index is 0.161. The van der Waals surface area contributed by atoms with Crippen molar-refractivity contribution in [3.8, 4) is 5.88 Å². The minimum Gasteiger partial charge on any atom is -0.480 e. The Hall–Kier alpha value is -3.00. The molecule has 3 rings (SSSR count). The largest absolute Gasteiger partial charge is 0.480 e. The summed E-state index contributed by atoms with van der Waals surface area (Å²) < 4.78 is 12.0. The van der Waals surface area contributed by atoms with Crippen LogP contribution >= 0.6 is 11.3 Å². The molecule has 0 spiro atoms. The highest BCUT2D eigenvalue weighted by atomic mass is 32.1. The Bertz CT molecular complexity index is 1200. The molecule has 0 N–H and O–H groups in total. The van der Waals surface area contributed by atoms with Crippen LogP contribution in [0.5, 0.6) is 5.88 Å². The number of ether oxygens (including phenoxy) is 2. The molecule has 0 unspecified atom stereocenters. The lowest BCUT2D eigenvalue weighted by molar-refractivity contribution is -0.148. The fourth-order valence-corrected chi connectivity index (χ4v) is 4.03. The highest BCUT2D eigenvalue weighted by Crippen LogP contribution is 2.20. The van der Waals surface area contributed by atoms with Crippen molar-refractivity contribution in [1.82, 2.24) is 14.4 Å². The van der Waals surface area contributed by atoms with Gasteiger partial charge in [-0.3, -0.25) is 9.20 Å². The van der Waals surface area contributed by atoms with Crippen LogP contribution in [0.2, 0.25) is 0 Å². The van der Waals surface area contributed by atoms with Gasteiger partial charge >= 0.3 is 5.97 Å². The molecule has 0 aliphatic heterocycles. The average Bonchev–Trinajstić information content (AvgIpc) is 3.19. The monoisotopic (exact) mass is 455 g/mol. The molecule has 0 aromatic carbocycles. The first-order chi connectivity index (χ1) is 15.1. The molecule has 7 nitrogen and oxygen atoms in total. The highest BCUT2D eigenvalue weighted by Gasteiger charge is 2.16. The smallest absolute Gasteiger partial charge is 0.331 e. The molecule has 0 aliphatic rings. The zero-order valence-electron chi connectivity index (χ0n) is 19.3. The van der Waals surface area contributed by atoms with E-state index in [4.69, 9.17) is 9.47 Å². The number of carbonyl (C=O) groups is 1. The molecular formula is C24H29N3O4S. The van der Waals surface area contributed by atoms with Gasteiger partial charge < -0.3 is 9.47 Å². The summed E-state index contributed by atoms with van der Waals surface area (Å²) in [6.07, 6.45) is 5.92. The Kier molecular flexibility index (Phi) is 7.13.